The largest absolute Gasteiger partial charge is 0.487 e. The van der Waals surface area contributed by atoms with Crippen LogP contribution in [0, 0.1) is 0 Å². The minimum Gasteiger partial charge on any atom is -0.487 e. The molecule has 29 heavy (non-hydrogen) atoms. The van der Waals surface area contributed by atoms with E-state index in [-0.39, 0.29) is 11.3 Å². The number of para-hydroxylation sites is 1. The molecule has 0 aliphatic heterocycles. The number of carbonyl (C=O) groups is 2. The molecule has 0 radical (unpaired) electrons. The van der Waals surface area contributed by atoms with Crippen LogP contribution in [0.25, 0.3) is 0 Å². The number of ether oxygens (including phenoxy) is 3. The molecule has 0 saturated carbocycles. The van der Waals surface area contributed by atoms with Crippen molar-refractivity contribution >= 4 is 11.9 Å². The van der Waals surface area contributed by atoms with Gasteiger partial charge in [0.05, 0.1) is 11.1 Å². The second kappa shape index (κ2) is 8.98. The number of rotatable bonds is 7. The van der Waals surface area contributed by atoms with Crippen LogP contribution >= 0.6 is 0 Å². The molecule has 2 aromatic rings. The molecule has 0 spiro atoms. The van der Waals surface area contributed by atoms with Crippen LogP contribution in [-0.2, 0) is 15.7 Å². The zero-order chi connectivity index (χ0) is 21.7. The fraction of sp³-hybridized carbons (Fsp3) is 0.333. The summed E-state index contributed by atoms with van der Waals surface area (Å²) in [4.78, 5) is 23.9. The van der Waals surface area contributed by atoms with E-state index in [0.29, 0.717) is 6.42 Å². The third-order valence-electron chi connectivity index (χ3n) is 4.06. The minimum absolute atomic E-state index is 0.174. The Hall–Kier alpha value is -3.03. The monoisotopic (exact) mass is 410 g/mol. The molecule has 0 bridgehead atoms. The van der Waals surface area contributed by atoms with Gasteiger partial charge in [-0.25, -0.2) is 9.59 Å². The molecular formula is C21H21F3O5. The van der Waals surface area contributed by atoms with Crippen molar-refractivity contribution in [3.63, 3.8) is 0 Å². The van der Waals surface area contributed by atoms with Gasteiger partial charge >= 0.3 is 18.1 Å². The van der Waals surface area contributed by atoms with Crippen LogP contribution in [0.2, 0.25) is 0 Å². The first kappa shape index (κ1) is 22.3. The van der Waals surface area contributed by atoms with Crippen molar-refractivity contribution in [2.45, 2.75) is 39.0 Å². The van der Waals surface area contributed by atoms with E-state index >= 15 is 0 Å². The summed E-state index contributed by atoms with van der Waals surface area (Å²) in [5.74, 6) is -1.99. The molecule has 0 N–H and O–H groups in total. The first-order chi connectivity index (χ1) is 13.5. The second-order valence-corrected chi connectivity index (χ2v) is 6.79. The number of esters is 2. The average molecular weight is 410 g/mol. The van der Waals surface area contributed by atoms with Crippen molar-refractivity contribution in [1.29, 1.82) is 0 Å². The third-order valence-corrected chi connectivity index (χ3v) is 4.06. The maximum Gasteiger partial charge on any atom is 0.419 e. The van der Waals surface area contributed by atoms with E-state index in [2.05, 4.69) is 0 Å². The second-order valence-electron chi connectivity index (χ2n) is 6.79. The summed E-state index contributed by atoms with van der Waals surface area (Å²) in [6, 6.07) is 10.8. The molecule has 0 aliphatic carbocycles. The van der Waals surface area contributed by atoms with Crippen molar-refractivity contribution in [2.75, 3.05) is 6.61 Å². The standard InChI is InChI=1S/C21H21F3O5/c1-4-20(2,3)29-17-12-14(10-11-16(17)21(22,23)24)19(26)27-13-18(25)28-15-8-6-5-7-9-15/h5-12H,4,13H2,1-3H3. The van der Waals surface area contributed by atoms with Gasteiger partial charge < -0.3 is 14.2 Å². The van der Waals surface area contributed by atoms with E-state index in [0.717, 1.165) is 18.2 Å². The Morgan fingerprint density at radius 1 is 1.00 bits per heavy atom. The Labute approximate surface area is 166 Å². The highest BCUT2D eigenvalue weighted by molar-refractivity contribution is 5.91. The maximum atomic E-state index is 13.3. The third kappa shape index (κ3) is 6.51. The maximum absolute atomic E-state index is 13.3. The summed E-state index contributed by atoms with van der Waals surface area (Å²) in [6.07, 6.45) is -4.20. The fourth-order valence-corrected chi connectivity index (χ4v) is 2.20. The van der Waals surface area contributed by atoms with Crippen LogP contribution in [0.3, 0.4) is 0 Å². The Morgan fingerprint density at radius 3 is 2.24 bits per heavy atom. The van der Waals surface area contributed by atoms with Gasteiger partial charge in [0.25, 0.3) is 0 Å². The molecule has 5 nitrogen and oxygen atoms in total. The smallest absolute Gasteiger partial charge is 0.419 e. The number of halogens is 3. The molecule has 156 valence electrons. The van der Waals surface area contributed by atoms with Crippen molar-refractivity contribution < 1.29 is 37.0 Å². The zero-order valence-corrected chi connectivity index (χ0v) is 16.2. The van der Waals surface area contributed by atoms with Gasteiger partial charge in [0.1, 0.15) is 17.1 Å². The molecule has 0 atom stereocenters. The van der Waals surface area contributed by atoms with Crippen molar-refractivity contribution in [1.82, 2.24) is 0 Å². The predicted molar refractivity (Wildman–Crippen MR) is 98.8 cm³/mol. The molecule has 0 aliphatic rings. The lowest BCUT2D eigenvalue weighted by molar-refractivity contribution is -0.140. The van der Waals surface area contributed by atoms with Crippen molar-refractivity contribution in [3.05, 3.63) is 59.7 Å². The molecule has 2 aromatic carbocycles. The normalized spacial score (nSPS) is 11.7. The van der Waals surface area contributed by atoms with E-state index in [1.807, 2.05) is 0 Å². The summed E-state index contributed by atoms with van der Waals surface area (Å²) in [5, 5.41) is 0. The molecule has 0 fully saturated rings. The van der Waals surface area contributed by atoms with Crippen LogP contribution in [0.4, 0.5) is 13.2 Å². The molecule has 0 unspecified atom stereocenters. The van der Waals surface area contributed by atoms with Gasteiger partial charge in [-0.2, -0.15) is 13.2 Å². The van der Waals surface area contributed by atoms with Gasteiger partial charge in [0, 0.05) is 0 Å². The molecule has 0 saturated heterocycles. The fourth-order valence-electron chi connectivity index (χ4n) is 2.20. The highest BCUT2D eigenvalue weighted by Gasteiger charge is 2.36. The Kier molecular flexibility index (Phi) is 6.89. The highest BCUT2D eigenvalue weighted by Crippen LogP contribution is 2.38. The Balaban J connectivity index is 2.12. The highest BCUT2D eigenvalue weighted by atomic mass is 19.4. The molecule has 0 heterocycles. The first-order valence-corrected chi connectivity index (χ1v) is 8.85. The van der Waals surface area contributed by atoms with E-state index < -0.39 is 41.6 Å². The van der Waals surface area contributed by atoms with Crippen molar-refractivity contribution in [3.8, 4) is 11.5 Å². The first-order valence-electron chi connectivity index (χ1n) is 8.85. The van der Waals surface area contributed by atoms with Crippen molar-refractivity contribution in [2.24, 2.45) is 0 Å². The minimum atomic E-state index is -4.65. The van der Waals surface area contributed by atoms with Crippen LogP contribution < -0.4 is 9.47 Å². The SMILES string of the molecule is CCC(C)(C)Oc1cc(C(=O)OCC(=O)Oc2ccccc2)ccc1C(F)(F)F. The van der Waals surface area contributed by atoms with E-state index in [1.54, 1.807) is 51.1 Å². The number of alkyl halides is 3. The van der Waals surface area contributed by atoms with Gasteiger partial charge in [-0.3, -0.25) is 0 Å². The van der Waals surface area contributed by atoms with Crippen LogP contribution in [0.15, 0.2) is 48.5 Å². The number of benzene rings is 2. The number of hydrogen-bond acceptors (Lipinski definition) is 5. The zero-order valence-electron chi connectivity index (χ0n) is 16.2. The van der Waals surface area contributed by atoms with Gasteiger partial charge in [-0.1, -0.05) is 25.1 Å². The van der Waals surface area contributed by atoms with E-state index in [9.17, 15) is 22.8 Å². The van der Waals surface area contributed by atoms with E-state index in [1.165, 1.54) is 0 Å². The summed E-state index contributed by atoms with van der Waals surface area (Å²) in [6.45, 7) is 4.35. The molecule has 8 heteroatoms. The molecule has 2 rings (SSSR count). The lowest BCUT2D eigenvalue weighted by Gasteiger charge is -2.27. The van der Waals surface area contributed by atoms with Crippen LogP contribution in [0.1, 0.15) is 43.1 Å². The van der Waals surface area contributed by atoms with Gasteiger partial charge in [-0.05, 0) is 50.6 Å². The number of carbonyl (C=O) groups excluding carboxylic acids is 2. The van der Waals surface area contributed by atoms with Gasteiger partial charge in [0.15, 0.2) is 6.61 Å². The lowest BCUT2D eigenvalue weighted by Crippen LogP contribution is -2.28. The van der Waals surface area contributed by atoms with Gasteiger partial charge in [0.2, 0.25) is 0 Å². The molecule has 0 aromatic heterocycles. The predicted octanol–water partition coefficient (Wildman–Crippen LogP) is 5.04. The summed E-state index contributed by atoms with van der Waals surface area (Å²) in [5.41, 5.74) is -2.05. The van der Waals surface area contributed by atoms with Crippen LogP contribution in [0.5, 0.6) is 11.5 Å². The van der Waals surface area contributed by atoms with E-state index in [4.69, 9.17) is 14.2 Å². The quantitative estimate of drug-likeness (QED) is 0.473. The number of hydrogen-bond donors (Lipinski definition) is 0. The van der Waals surface area contributed by atoms with Crippen LogP contribution in [-0.4, -0.2) is 24.1 Å². The molecular weight excluding hydrogens is 389 g/mol. The topological polar surface area (TPSA) is 61.8 Å². The summed E-state index contributed by atoms with van der Waals surface area (Å²) >= 11 is 0. The lowest BCUT2D eigenvalue weighted by atomic mass is 10.1. The van der Waals surface area contributed by atoms with Gasteiger partial charge in [-0.15, -0.1) is 0 Å². The average Bonchev–Trinajstić information content (AvgIpc) is 2.65. The molecule has 0 amide bonds. The summed E-state index contributed by atoms with van der Waals surface area (Å²) in [7, 11) is 0. The Morgan fingerprint density at radius 2 is 1.66 bits per heavy atom. The Bertz CT molecular complexity index is 860. The summed E-state index contributed by atoms with van der Waals surface area (Å²) < 4.78 is 55.1.